The Bertz CT molecular complexity index is 3000. The second-order valence-electron chi connectivity index (χ2n) is 14.1. The minimum absolute atomic E-state index is 0.933. The molecule has 11 aromatic rings. The highest BCUT2D eigenvalue weighted by atomic mass is 16.3. The van der Waals surface area contributed by atoms with E-state index in [0.717, 1.165) is 28.2 Å². The van der Waals surface area contributed by atoms with E-state index in [0.29, 0.717) is 0 Å². The molecule has 0 fully saturated rings. The van der Waals surface area contributed by atoms with Crippen molar-refractivity contribution < 1.29 is 4.42 Å². The van der Waals surface area contributed by atoms with Gasteiger partial charge in [-0.3, -0.25) is 0 Å². The fraction of sp³-hybridized carbons (Fsp3) is 0. The Balaban J connectivity index is 1.01. The van der Waals surface area contributed by atoms with Crippen LogP contribution in [0.4, 0.5) is 17.1 Å². The fourth-order valence-electron chi connectivity index (χ4n) is 8.47. The molecule has 0 saturated carbocycles. The Morgan fingerprint density at radius 2 is 0.722 bits per heavy atom. The number of furan rings is 1. The summed E-state index contributed by atoms with van der Waals surface area (Å²) in [4.78, 5) is 2.35. The predicted molar refractivity (Wildman–Crippen MR) is 228 cm³/mol. The zero-order valence-corrected chi connectivity index (χ0v) is 29.4. The molecule has 0 N–H and O–H groups in total. The van der Waals surface area contributed by atoms with E-state index in [1.807, 2.05) is 0 Å². The third-order valence-electron chi connectivity index (χ3n) is 11.1. The van der Waals surface area contributed by atoms with Crippen molar-refractivity contribution >= 4 is 71.3 Å². The molecule has 0 spiro atoms. The first-order valence-electron chi connectivity index (χ1n) is 18.5. The lowest BCUT2D eigenvalue weighted by atomic mass is 9.94. The van der Waals surface area contributed by atoms with E-state index in [1.54, 1.807) is 0 Å². The van der Waals surface area contributed by atoms with Gasteiger partial charge in [-0.15, -0.1) is 0 Å². The average molecular weight is 688 g/mol. The topological polar surface area (TPSA) is 16.4 Å². The molecule has 0 radical (unpaired) electrons. The first-order valence-corrected chi connectivity index (χ1v) is 18.5. The van der Waals surface area contributed by atoms with Gasteiger partial charge in [-0.25, -0.2) is 0 Å². The van der Waals surface area contributed by atoms with Gasteiger partial charge < -0.3 is 9.32 Å². The summed E-state index contributed by atoms with van der Waals surface area (Å²) in [5, 5.41) is 9.83. The molecule has 0 saturated heterocycles. The van der Waals surface area contributed by atoms with E-state index >= 15 is 0 Å². The van der Waals surface area contributed by atoms with E-state index in [2.05, 4.69) is 205 Å². The standard InChI is InChI=1S/C52H33NO/c1-3-13-43-34(8-1)10-5-15-45(43)36-18-25-40(26-19-36)53(41-27-20-37(21-28-41)46-16-6-11-35-9-2-4-14-44(35)46)42-29-22-38(23-30-42)47-32-33-50-52-48(47)31-24-39-12-7-17-49(54-50)51(39)52/h1-33H. The molecule has 10 aromatic carbocycles. The molecule has 252 valence electrons. The second kappa shape index (κ2) is 12.2. The monoisotopic (exact) mass is 687 g/mol. The average Bonchev–Trinajstić information content (AvgIpc) is 3.63. The summed E-state index contributed by atoms with van der Waals surface area (Å²) in [6.07, 6.45) is 0. The van der Waals surface area contributed by atoms with Gasteiger partial charge in [-0.2, -0.15) is 0 Å². The first-order chi connectivity index (χ1) is 26.8. The van der Waals surface area contributed by atoms with Gasteiger partial charge in [0.05, 0.1) is 0 Å². The lowest BCUT2D eigenvalue weighted by Gasteiger charge is -2.26. The lowest BCUT2D eigenvalue weighted by Crippen LogP contribution is -2.09. The van der Waals surface area contributed by atoms with Crippen molar-refractivity contribution in [1.29, 1.82) is 0 Å². The van der Waals surface area contributed by atoms with Crippen LogP contribution in [0.15, 0.2) is 205 Å². The smallest absolute Gasteiger partial charge is 0.136 e. The maximum atomic E-state index is 6.26. The van der Waals surface area contributed by atoms with Gasteiger partial charge in [-0.1, -0.05) is 152 Å². The molecule has 11 rings (SSSR count). The van der Waals surface area contributed by atoms with Crippen LogP contribution in [0.25, 0.3) is 87.6 Å². The summed E-state index contributed by atoms with van der Waals surface area (Å²) < 4.78 is 6.26. The van der Waals surface area contributed by atoms with Crippen LogP contribution >= 0.6 is 0 Å². The normalized spacial score (nSPS) is 11.7. The fourth-order valence-corrected chi connectivity index (χ4v) is 8.47. The SMILES string of the molecule is c1ccc2c(-c3ccc(N(c4ccc(-c5cccc6ccccc56)cc4)c4ccc(-c5ccc6oc7cccc8ccc5c6c87)cc4)cc3)cccc2c1. The molecule has 1 aromatic heterocycles. The van der Waals surface area contributed by atoms with Gasteiger partial charge >= 0.3 is 0 Å². The van der Waals surface area contributed by atoms with Gasteiger partial charge in [0.15, 0.2) is 0 Å². The minimum atomic E-state index is 0.933. The summed E-state index contributed by atoms with van der Waals surface area (Å²) >= 11 is 0. The molecule has 0 aliphatic heterocycles. The Morgan fingerprint density at radius 1 is 0.278 bits per heavy atom. The summed E-state index contributed by atoms with van der Waals surface area (Å²) in [5.41, 5.74) is 12.4. The maximum Gasteiger partial charge on any atom is 0.136 e. The Morgan fingerprint density at radius 3 is 1.28 bits per heavy atom. The van der Waals surface area contributed by atoms with Gasteiger partial charge in [0, 0.05) is 27.8 Å². The summed E-state index contributed by atoms with van der Waals surface area (Å²) in [7, 11) is 0. The van der Waals surface area contributed by atoms with Crippen LogP contribution < -0.4 is 4.90 Å². The molecule has 0 bridgehead atoms. The summed E-state index contributed by atoms with van der Waals surface area (Å²) in [6.45, 7) is 0. The maximum absolute atomic E-state index is 6.26. The largest absolute Gasteiger partial charge is 0.456 e. The highest BCUT2D eigenvalue weighted by molar-refractivity contribution is 6.24. The van der Waals surface area contributed by atoms with Gasteiger partial charge in [0.2, 0.25) is 0 Å². The Labute approximate surface area is 313 Å². The number of fused-ring (bicyclic) bond motifs is 2. The van der Waals surface area contributed by atoms with Crippen molar-refractivity contribution in [2.45, 2.75) is 0 Å². The molecule has 54 heavy (non-hydrogen) atoms. The van der Waals surface area contributed by atoms with Gasteiger partial charge in [0.25, 0.3) is 0 Å². The molecule has 2 heteroatoms. The van der Waals surface area contributed by atoms with Crippen molar-refractivity contribution in [2.75, 3.05) is 4.90 Å². The number of hydrogen-bond acceptors (Lipinski definition) is 2. The Kier molecular flexibility index (Phi) is 6.90. The van der Waals surface area contributed by atoms with Crippen molar-refractivity contribution in [3.63, 3.8) is 0 Å². The molecule has 1 heterocycles. The summed E-state index contributed by atoms with van der Waals surface area (Å²) in [5.74, 6) is 0. The molecule has 0 aliphatic carbocycles. The molecule has 0 atom stereocenters. The van der Waals surface area contributed by atoms with Crippen molar-refractivity contribution in [1.82, 2.24) is 0 Å². The molecular weight excluding hydrogens is 655 g/mol. The molecule has 0 unspecified atom stereocenters. The Hall–Kier alpha value is -7.16. The number of nitrogens with zero attached hydrogens (tertiary/aromatic N) is 1. The second-order valence-corrected chi connectivity index (χ2v) is 14.1. The van der Waals surface area contributed by atoms with Gasteiger partial charge in [-0.05, 0) is 114 Å². The number of rotatable bonds is 6. The molecule has 2 nitrogen and oxygen atoms in total. The lowest BCUT2D eigenvalue weighted by molar-refractivity contribution is 0.669. The molecule has 0 amide bonds. The number of benzene rings is 10. The van der Waals surface area contributed by atoms with Gasteiger partial charge in [0.1, 0.15) is 11.2 Å². The van der Waals surface area contributed by atoms with Crippen molar-refractivity contribution in [3.8, 4) is 33.4 Å². The zero-order valence-electron chi connectivity index (χ0n) is 29.4. The molecule has 0 aliphatic rings. The minimum Gasteiger partial charge on any atom is -0.456 e. The number of anilines is 3. The van der Waals surface area contributed by atoms with E-state index in [-0.39, 0.29) is 0 Å². The van der Waals surface area contributed by atoms with E-state index in [1.165, 1.54) is 76.5 Å². The van der Waals surface area contributed by atoms with E-state index < -0.39 is 0 Å². The van der Waals surface area contributed by atoms with Crippen molar-refractivity contribution in [2.24, 2.45) is 0 Å². The molecular formula is C52H33NO. The summed E-state index contributed by atoms with van der Waals surface area (Å²) in [6, 6.07) is 72.3. The van der Waals surface area contributed by atoms with Crippen LogP contribution in [0, 0.1) is 0 Å². The number of hydrogen-bond donors (Lipinski definition) is 0. The van der Waals surface area contributed by atoms with Crippen LogP contribution in [0.5, 0.6) is 0 Å². The predicted octanol–water partition coefficient (Wildman–Crippen LogP) is 15.0. The highest BCUT2D eigenvalue weighted by Crippen LogP contribution is 2.43. The van der Waals surface area contributed by atoms with Crippen LogP contribution in [-0.2, 0) is 0 Å². The third-order valence-corrected chi connectivity index (χ3v) is 11.1. The van der Waals surface area contributed by atoms with Crippen molar-refractivity contribution in [3.05, 3.63) is 200 Å². The highest BCUT2D eigenvalue weighted by Gasteiger charge is 2.18. The zero-order chi connectivity index (χ0) is 35.6. The first kappa shape index (κ1) is 30.5. The van der Waals surface area contributed by atoms with Crippen LogP contribution in [0.1, 0.15) is 0 Å². The van der Waals surface area contributed by atoms with E-state index in [9.17, 15) is 0 Å². The van der Waals surface area contributed by atoms with Crippen LogP contribution in [-0.4, -0.2) is 0 Å². The third kappa shape index (κ3) is 4.88. The van der Waals surface area contributed by atoms with Crippen LogP contribution in [0.2, 0.25) is 0 Å². The van der Waals surface area contributed by atoms with Crippen LogP contribution in [0.3, 0.4) is 0 Å². The van der Waals surface area contributed by atoms with E-state index in [4.69, 9.17) is 4.42 Å². The quantitative estimate of drug-likeness (QED) is 0.162.